The van der Waals surface area contributed by atoms with E-state index in [-0.39, 0.29) is 0 Å². The average molecular weight is 279 g/mol. The van der Waals surface area contributed by atoms with Gasteiger partial charge in [0.25, 0.3) is 0 Å². The zero-order valence-electron chi connectivity index (χ0n) is 13.1. The van der Waals surface area contributed by atoms with Gasteiger partial charge in [0.2, 0.25) is 0 Å². The number of hydrogen-bond acceptors (Lipinski definition) is 1. The van der Waals surface area contributed by atoms with Crippen molar-refractivity contribution in [1.29, 1.82) is 0 Å². The molecule has 3 rings (SSSR count). The van der Waals surface area contributed by atoms with E-state index in [0.29, 0.717) is 6.04 Å². The zero-order valence-corrected chi connectivity index (χ0v) is 13.1. The Morgan fingerprint density at radius 1 is 1.00 bits per heavy atom. The second kappa shape index (κ2) is 6.34. The number of aryl methyl sites for hydroxylation is 2. The molecule has 1 unspecified atom stereocenters. The minimum absolute atomic E-state index is 0.461. The molecule has 2 aromatic rings. The van der Waals surface area contributed by atoms with Gasteiger partial charge in [0.05, 0.1) is 6.04 Å². The highest BCUT2D eigenvalue weighted by molar-refractivity contribution is 5.47. The van der Waals surface area contributed by atoms with Crippen LogP contribution in [0.15, 0.2) is 48.5 Å². The van der Waals surface area contributed by atoms with Crippen LogP contribution >= 0.6 is 0 Å². The Hall–Kier alpha value is -1.76. The number of benzene rings is 2. The van der Waals surface area contributed by atoms with E-state index in [1.807, 2.05) is 0 Å². The minimum atomic E-state index is 0.461. The fourth-order valence-electron chi connectivity index (χ4n) is 2.91. The molecule has 110 valence electrons. The third-order valence-electron chi connectivity index (χ3n) is 4.34. The van der Waals surface area contributed by atoms with E-state index in [0.717, 1.165) is 5.92 Å². The monoisotopic (exact) mass is 279 g/mol. The van der Waals surface area contributed by atoms with Crippen molar-refractivity contribution >= 4 is 5.69 Å². The number of hydrogen-bond donors (Lipinski definition) is 1. The van der Waals surface area contributed by atoms with Gasteiger partial charge >= 0.3 is 0 Å². The maximum atomic E-state index is 3.75. The van der Waals surface area contributed by atoms with Gasteiger partial charge in [0.15, 0.2) is 0 Å². The molecule has 1 aliphatic carbocycles. The summed E-state index contributed by atoms with van der Waals surface area (Å²) >= 11 is 0. The molecule has 1 N–H and O–H groups in total. The summed E-state index contributed by atoms with van der Waals surface area (Å²) in [5, 5.41) is 3.75. The molecular formula is C20H25N. The largest absolute Gasteiger partial charge is 0.378 e. The smallest absolute Gasteiger partial charge is 0.0542 e. The van der Waals surface area contributed by atoms with E-state index in [4.69, 9.17) is 0 Å². The molecule has 0 radical (unpaired) electrons. The maximum Gasteiger partial charge on any atom is 0.0542 e. The van der Waals surface area contributed by atoms with Gasteiger partial charge in [-0.2, -0.15) is 0 Å². The van der Waals surface area contributed by atoms with Crippen LogP contribution in [0.3, 0.4) is 0 Å². The van der Waals surface area contributed by atoms with Crippen molar-refractivity contribution in [1.82, 2.24) is 0 Å². The van der Waals surface area contributed by atoms with Crippen LogP contribution in [0.2, 0.25) is 0 Å². The highest BCUT2D eigenvalue weighted by atomic mass is 14.9. The number of rotatable bonds is 6. The normalized spacial score (nSPS) is 15.7. The second-order valence-corrected chi connectivity index (χ2v) is 6.32. The third kappa shape index (κ3) is 3.66. The van der Waals surface area contributed by atoms with Crippen LogP contribution in [-0.4, -0.2) is 0 Å². The Labute approximate surface area is 128 Å². The van der Waals surface area contributed by atoms with E-state index in [9.17, 15) is 0 Å². The lowest BCUT2D eigenvalue weighted by atomic mass is 10.0. The topological polar surface area (TPSA) is 12.0 Å². The molecule has 1 atom stereocenters. The van der Waals surface area contributed by atoms with Gasteiger partial charge in [0.1, 0.15) is 0 Å². The van der Waals surface area contributed by atoms with Crippen LogP contribution in [0.25, 0.3) is 0 Å². The summed E-state index contributed by atoms with van der Waals surface area (Å²) in [5.74, 6) is 0.794. The number of nitrogens with one attached hydrogen (secondary N) is 1. The molecule has 0 spiro atoms. The molecule has 0 saturated heterocycles. The SMILES string of the molecule is CCCc1ccc(NC(c2ccc(C)cc2)C2CC2)cc1. The second-order valence-electron chi connectivity index (χ2n) is 6.32. The molecular weight excluding hydrogens is 254 g/mol. The molecule has 0 aromatic heterocycles. The fraction of sp³-hybridized carbons (Fsp3) is 0.400. The van der Waals surface area contributed by atoms with Crippen LogP contribution < -0.4 is 5.32 Å². The molecule has 1 aliphatic rings. The summed E-state index contributed by atoms with van der Waals surface area (Å²) in [6.07, 6.45) is 5.07. The summed E-state index contributed by atoms with van der Waals surface area (Å²) < 4.78 is 0. The van der Waals surface area contributed by atoms with Crippen molar-refractivity contribution < 1.29 is 0 Å². The van der Waals surface area contributed by atoms with E-state index < -0.39 is 0 Å². The summed E-state index contributed by atoms with van der Waals surface area (Å²) in [5.41, 5.74) is 5.42. The minimum Gasteiger partial charge on any atom is -0.378 e. The molecule has 0 amide bonds. The third-order valence-corrected chi connectivity index (χ3v) is 4.34. The van der Waals surface area contributed by atoms with Crippen molar-refractivity contribution in [3.63, 3.8) is 0 Å². The molecule has 0 heterocycles. The van der Waals surface area contributed by atoms with Gasteiger partial charge in [0, 0.05) is 5.69 Å². The lowest BCUT2D eigenvalue weighted by molar-refractivity contribution is 0.679. The van der Waals surface area contributed by atoms with Crippen LogP contribution in [0.5, 0.6) is 0 Å². The van der Waals surface area contributed by atoms with Gasteiger partial charge in [-0.15, -0.1) is 0 Å². The molecule has 21 heavy (non-hydrogen) atoms. The summed E-state index contributed by atoms with van der Waals surface area (Å²) in [6, 6.07) is 18.4. The Balaban J connectivity index is 1.74. The Morgan fingerprint density at radius 2 is 1.67 bits per heavy atom. The summed E-state index contributed by atoms with van der Waals surface area (Å²) in [4.78, 5) is 0. The number of anilines is 1. The maximum absolute atomic E-state index is 3.75. The van der Waals surface area contributed by atoms with E-state index in [2.05, 4.69) is 67.7 Å². The van der Waals surface area contributed by atoms with E-state index in [1.54, 1.807) is 0 Å². The highest BCUT2D eigenvalue weighted by Crippen LogP contribution is 2.42. The predicted molar refractivity (Wildman–Crippen MR) is 90.7 cm³/mol. The van der Waals surface area contributed by atoms with Crippen LogP contribution in [0, 0.1) is 12.8 Å². The first-order valence-electron chi connectivity index (χ1n) is 8.18. The quantitative estimate of drug-likeness (QED) is 0.735. The standard InChI is InChI=1S/C20H25N/c1-3-4-16-7-13-19(14-8-16)21-20(18-11-12-18)17-9-5-15(2)6-10-17/h5-10,13-14,18,20-21H,3-4,11-12H2,1-2H3. The zero-order chi connectivity index (χ0) is 14.7. The molecule has 1 heteroatoms. The molecule has 1 fully saturated rings. The molecule has 0 bridgehead atoms. The van der Waals surface area contributed by atoms with Gasteiger partial charge in [-0.1, -0.05) is 55.3 Å². The van der Waals surface area contributed by atoms with Crippen LogP contribution in [-0.2, 0) is 6.42 Å². The van der Waals surface area contributed by atoms with Crippen molar-refractivity contribution in [2.75, 3.05) is 5.32 Å². The molecule has 0 aliphatic heterocycles. The summed E-state index contributed by atoms with van der Waals surface area (Å²) in [7, 11) is 0. The van der Waals surface area contributed by atoms with Crippen molar-refractivity contribution in [2.45, 2.75) is 45.6 Å². The van der Waals surface area contributed by atoms with Gasteiger partial charge < -0.3 is 5.32 Å². The molecule has 1 nitrogen and oxygen atoms in total. The van der Waals surface area contributed by atoms with Crippen molar-refractivity contribution in [3.05, 3.63) is 65.2 Å². The molecule has 1 saturated carbocycles. The first-order chi connectivity index (χ1) is 10.3. The van der Waals surface area contributed by atoms with Crippen LogP contribution in [0.4, 0.5) is 5.69 Å². The highest BCUT2D eigenvalue weighted by Gasteiger charge is 2.32. The molecule has 2 aromatic carbocycles. The summed E-state index contributed by atoms with van der Waals surface area (Å²) in [6.45, 7) is 4.38. The predicted octanol–water partition coefficient (Wildman–Crippen LogP) is 5.51. The van der Waals surface area contributed by atoms with Crippen molar-refractivity contribution in [3.8, 4) is 0 Å². The van der Waals surface area contributed by atoms with E-state index in [1.165, 1.54) is 48.1 Å². The van der Waals surface area contributed by atoms with Gasteiger partial charge in [-0.05, 0) is 55.4 Å². The van der Waals surface area contributed by atoms with Crippen LogP contribution in [0.1, 0.15) is 48.9 Å². The lowest BCUT2D eigenvalue weighted by Crippen LogP contribution is -2.12. The van der Waals surface area contributed by atoms with Crippen molar-refractivity contribution in [2.24, 2.45) is 5.92 Å². The fourth-order valence-corrected chi connectivity index (χ4v) is 2.91. The van der Waals surface area contributed by atoms with E-state index >= 15 is 0 Å². The van der Waals surface area contributed by atoms with Gasteiger partial charge in [-0.25, -0.2) is 0 Å². The average Bonchev–Trinajstić information content (AvgIpc) is 3.33. The Bertz CT molecular complexity index is 564. The lowest BCUT2D eigenvalue weighted by Gasteiger charge is -2.20. The first kappa shape index (κ1) is 14.2. The Kier molecular flexibility index (Phi) is 4.28. The van der Waals surface area contributed by atoms with Gasteiger partial charge in [-0.3, -0.25) is 0 Å². The Morgan fingerprint density at radius 3 is 2.24 bits per heavy atom. The first-order valence-corrected chi connectivity index (χ1v) is 8.18.